The average molecular weight is 297 g/mol. The third-order valence-corrected chi connectivity index (χ3v) is 2.81. The first-order valence-corrected chi connectivity index (χ1v) is 5.96. The van der Waals surface area contributed by atoms with Crippen LogP contribution in [0.5, 0.6) is 5.75 Å². The van der Waals surface area contributed by atoms with Crippen LogP contribution < -0.4 is 10.2 Å². The molecule has 2 rings (SSSR count). The highest BCUT2D eigenvalue weighted by Gasteiger charge is 2.32. The average Bonchev–Trinajstić information content (AvgIpc) is 2.38. The molecule has 1 heterocycles. The van der Waals surface area contributed by atoms with Crippen LogP contribution in [0.4, 0.5) is 13.2 Å². The van der Waals surface area contributed by atoms with Crippen molar-refractivity contribution in [2.24, 2.45) is 0 Å². The SMILES string of the molecule is Cc1cnc(-c2ccccc2OC(F)(F)F)cc1B(O)O. The van der Waals surface area contributed by atoms with E-state index in [2.05, 4.69) is 9.72 Å². The van der Waals surface area contributed by atoms with Gasteiger partial charge < -0.3 is 14.8 Å². The number of hydrogen-bond acceptors (Lipinski definition) is 4. The topological polar surface area (TPSA) is 62.6 Å². The van der Waals surface area contributed by atoms with Gasteiger partial charge in [0.25, 0.3) is 0 Å². The van der Waals surface area contributed by atoms with Crippen molar-refractivity contribution in [1.82, 2.24) is 4.98 Å². The lowest BCUT2D eigenvalue weighted by molar-refractivity contribution is -0.274. The Bertz CT molecular complexity index is 647. The van der Waals surface area contributed by atoms with Crippen LogP contribution in [0.1, 0.15) is 5.56 Å². The van der Waals surface area contributed by atoms with Gasteiger partial charge in [0.05, 0.1) is 5.69 Å². The van der Waals surface area contributed by atoms with E-state index >= 15 is 0 Å². The van der Waals surface area contributed by atoms with E-state index in [1.807, 2.05) is 0 Å². The van der Waals surface area contributed by atoms with Gasteiger partial charge in [0, 0.05) is 11.8 Å². The standard InChI is InChI=1S/C13H11BF3NO3/c1-8-7-18-11(6-10(8)14(19)20)9-4-2-3-5-12(9)21-13(15,16)17/h2-7,19-20H,1H3. The van der Waals surface area contributed by atoms with Crippen molar-refractivity contribution in [2.75, 3.05) is 0 Å². The molecule has 0 amide bonds. The Kier molecular flexibility index (Phi) is 4.20. The van der Waals surface area contributed by atoms with Crippen molar-refractivity contribution in [3.8, 4) is 17.0 Å². The van der Waals surface area contributed by atoms with E-state index in [9.17, 15) is 23.2 Å². The molecule has 0 unspecified atom stereocenters. The van der Waals surface area contributed by atoms with E-state index in [4.69, 9.17) is 0 Å². The zero-order valence-corrected chi connectivity index (χ0v) is 10.9. The number of rotatable bonds is 3. The number of ether oxygens (including phenoxy) is 1. The minimum atomic E-state index is -4.82. The van der Waals surface area contributed by atoms with Crippen LogP contribution in [0.25, 0.3) is 11.3 Å². The first-order valence-electron chi connectivity index (χ1n) is 5.96. The van der Waals surface area contributed by atoms with Crippen LogP contribution in [0, 0.1) is 6.92 Å². The molecule has 0 fully saturated rings. The van der Waals surface area contributed by atoms with E-state index in [0.717, 1.165) is 0 Å². The minimum absolute atomic E-state index is 0.108. The summed E-state index contributed by atoms with van der Waals surface area (Å²) in [6.45, 7) is 1.61. The summed E-state index contributed by atoms with van der Waals surface area (Å²) in [5, 5.41) is 18.5. The lowest BCUT2D eigenvalue weighted by Crippen LogP contribution is -2.32. The van der Waals surface area contributed by atoms with Gasteiger partial charge >= 0.3 is 13.5 Å². The molecule has 2 N–H and O–H groups in total. The maximum atomic E-state index is 12.4. The molecule has 8 heteroatoms. The Balaban J connectivity index is 2.50. The fourth-order valence-electron chi connectivity index (χ4n) is 1.86. The van der Waals surface area contributed by atoms with Gasteiger partial charge in [-0.2, -0.15) is 0 Å². The van der Waals surface area contributed by atoms with Crippen molar-refractivity contribution in [2.45, 2.75) is 13.3 Å². The largest absolute Gasteiger partial charge is 0.573 e. The predicted octanol–water partition coefficient (Wildman–Crippen LogP) is 1.64. The van der Waals surface area contributed by atoms with Gasteiger partial charge in [-0.3, -0.25) is 4.98 Å². The molecule has 110 valence electrons. The second-order valence-corrected chi connectivity index (χ2v) is 4.34. The van der Waals surface area contributed by atoms with E-state index < -0.39 is 19.2 Å². The number of nitrogens with zero attached hydrogens (tertiary/aromatic N) is 1. The highest BCUT2D eigenvalue weighted by atomic mass is 19.4. The molecule has 21 heavy (non-hydrogen) atoms. The molecular weight excluding hydrogens is 286 g/mol. The number of pyridine rings is 1. The normalized spacial score (nSPS) is 11.3. The molecule has 4 nitrogen and oxygen atoms in total. The maximum absolute atomic E-state index is 12.4. The van der Waals surface area contributed by atoms with Gasteiger partial charge in [0.15, 0.2) is 0 Å². The summed E-state index contributed by atoms with van der Waals surface area (Å²) >= 11 is 0. The molecule has 1 aromatic heterocycles. The molecule has 0 saturated heterocycles. The van der Waals surface area contributed by atoms with Crippen molar-refractivity contribution >= 4 is 12.6 Å². The van der Waals surface area contributed by atoms with Gasteiger partial charge in [-0.15, -0.1) is 13.2 Å². The summed E-state index contributed by atoms with van der Waals surface area (Å²) in [5.41, 5.74) is 0.949. The van der Waals surface area contributed by atoms with Crippen LogP contribution >= 0.6 is 0 Å². The van der Waals surface area contributed by atoms with Crippen LogP contribution in [0.2, 0.25) is 0 Å². The first-order chi connectivity index (χ1) is 9.78. The number of benzene rings is 1. The maximum Gasteiger partial charge on any atom is 0.573 e. The number of para-hydroxylation sites is 1. The number of halogens is 3. The number of aromatic nitrogens is 1. The van der Waals surface area contributed by atoms with Crippen molar-refractivity contribution < 1.29 is 28.0 Å². The van der Waals surface area contributed by atoms with Crippen LogP contribution in [0.3, 0.4) is 0 Å². The van der Waals surface area contributed by atoms with Crippen LogP contribution in [-0.4, -0.2) is 28.5 Å². The first kappa shape index (κ1) is 15.3. The zero-order chi connectivity index (χ0) is 15.6. The van der Waals surface area contributed by atoms with Gasteiger partial charge in [0.1, 0.15) is 5.75 Å². The van der Waals surface area contributed by atoms with Crippen LogP contribution in [-0.2, 0) is 0 Å². The number of aryl methyl sites for hydroxylation is 1. The Labute approximate surface area is 119 Å². The molecule has 0 aliphatic rings. The van der Waals surface area contributed by atoms with Crippen molar-refractivity contribution in [1.29, 1.82) is 0 Å². The highest BCUT2D eigenvalue weighted by molar-refractivity contribution is 6.59. The molecule has 0 bridgehead atoms. The van der Waals surface area contributed by atoms with Gasteiger partial charge in [0.2, 0.25) is 0 Å². The molecule has 0 aliphatic carbocycles. The van der Waals surface area contributed by atoms with E-state index in [0.29, 0.717) is 5.56 Å². The molecular formula is C13H11BF3NO3. The summed E-state index contributed by atoms with van der Waals surface area (Å²) in [6.07, 6.45) is -3.46. The lowest BCUT2D eigenvalue weighted by atomic mass is 9.77. The summed E-state index contributed by atoms with van der Waals surface area (Å²) in [6, 6.07) is 6.83. The second kappa shape index (κ2) is 5.75. The molecule has 0 aliphatic heterocycles. The fourth-order valence-corrected chi connectivity index (χ4v) is 1.86. The molecule has 2 aromatic rings. The highest BCUT2D eigenvalue weighted by Crippen LogP contribution is 2.32. The molecule has 0 saturated carbocycles. The summed E-state index contributed by atoms with van der Waals surface area (Å²) in [5.74, 6) is -0.403. The second-order valence-electron chi connectivity index (χ2n) is 4.34. The predicted molar refractivity (Wildman–Crippen MR) is 70.9 cm³/mol. The van der Waals surface area contributed by atoms with E-state index in [1.165, 1.54) is 36.5 Å². The van der Waals surface area contributed by atoms with Crippen LogP contribution in [0.15, 0.2) is 36.5 Å². The third kappa shape index (κ3) is 3.74. The third-order valence-electron chi connectivity index (χ3n) is 2.81. The summed E-state index contributed by atoms with van der Waals surface area (Å²) in [7, 11) is -1.73. The monoisotopic (exact) mass is 297 g/mol. The van der Waals surface area contributed by atoms with Gasteiger partial charge in [-0.05, 0) is 36.1 Å². The smallest absolute Gasteiger partial charge is 0.423 e. The van der Waals surface area contributed by atoms with E-state index in [1.54, 1.807) is 6.92 Å². The number of alkyl halides is 3. The van der Waals surface area contributed by atoms with Gasteiger partial charge in [-0.1, -0.05) is 12.1 Å². The summed E-state index contributed by atoms with van der Waals surface area (Å²) in [4.78, 5) is 4.01. The fraction of sp³-hybridized carbons (Fsp3) is 0.154. The Hall–Kier alpha value is -2.06. The molecule has 1 aromatic carbocycles. The Morgan fingerprint density at radius 2 is 1.86 bits per heavy atom. The lowest BCUT2D eigenvalue weighted by Gasteiger charge is -2.14. The Morgan fingerprint density at radius 1 is 1.19 bits per heavy atom. The quantitative estimate of drug-likeness (QED) is 0.845. The van der Waals surface area contributed by atoms with Crippen molar-refractivity contribution in [3.63, 3.8) is 0 Å². The number of hydrogen-bond donors (Lipinski definition) is 2. The Morgan fingerprint density at radius 3 is 2.48 bits per heavy atom. The van der Waals surface area contributed by atoms with Crippen molar-refractivity contribution in [3.05, 3.63) is 42.1 Å². The minimum Gasteiger partial charge on any atom is -0.423 e. The molecule has 0 atom stereocenters. The van der Waals surface area contributed by atoms with Gasteiger partial charge in [-0.25, -0.2) is 0 Å². The molecule has 0 radical (unpaired) electrons. The van der Waals surface area contributed by atoms with E-state index in [-0.39, 0.29) is 16.7 Å². The molecule has 0 spiro atoms. The summed E-state index contributed by atoms with van der Waals surface area (Å²) < 4.78 is 41.1. The zero-order valence-electron chi connectivity index (χ0n) is 10.9.